The van der Waals surface area contributed by atoms with E-state index in [-0.39, 0.29) is 18.4 Å². The van der Waals surface area contributed by atoms with Crippen LogP contribution in [0.1, 0.15) is 27.0 Å². The molecule has 30 heavy (non-hydrogen) atoms. The maximum absolute atomic E-state index is 12.3. The first kappa shape index (κ1) is 21.4. The maximum atomic E-state index is 12.3. The van der Waals surface area contributed by atoms with E-state index in [0.717, 1.165) is 16.7 Å². The molecule has 0 heterocycles. The number of anilines is 1. The van der Waals surface area contributed by atoms with Gasteiger partial charge in [0, 0.05) is 22.8 Å². The first-order valence-electron chi connectivity index (χ1n) is 9.54. The number of ether oxygens (including phenoxy) is 1. The number of benzene rings is 3. The van der Waals surface area contributed by atoms with Crippen LogP contribution in [-0.2, 0) is 11.3 Å². The zero-order chi connectivity index (χ0) is 21.5. The molecule has 0 radical (unpaired) electrons. The van der Waals surface area contributed by atoms with Crippen LogP contribution in [-0.4, -0.2) is 18.4 Å². The van der Waals surface area contributed by atoms with Crippen LogP contribution in [0.2, 0.25) is 5.02 Å². The fourth-order valence-corrected chi connectivity index (χ4v) is 3.03. The molecule has 0 spiro atoms. The highest BCUT2D eigenvalue weighted by Gasteiger charge is 2.09. The van der Waals surface area contributed by atoms with Crippen molar-refractivity contribution in [3.05, 3.63) is 94.0 Å². The predicted octanol–water partition coefficient (Wildman–Crippen LogP) is 4.90. The molecule has 0 aliphatic heterocycles. The molecular formula is C24H23ClN2O3. The molecule has 154 valence electrons. The van der Waals surface area contributed by atoms with Crippen LogP contribution in [0.25, 0.3) is 0 Å². The lowest BCUT2D eigenvalue weighted by molar-refractivity contribution is -0.118. The van der Waals surface area contributed by atoms with Crippen LogP contribution in [0.4, 0.5) is 5.69 Å². The van der Waals surface area contributed by atoms with E-state index in [1.807, 2.05) is 44.2 Å². The number of hydrogen-bond donors (Lipinski definition) is 2. The third-order valence-corrected chi connectivity index (χ3v) is 5.10. The Bertz CT molecular complexity index is 1010. The molecule has 6 heteroatoms. The Morgan fingerprint density at radius 1 is 0.933 bits per heavy atom. The van der Waals surface area contributed by atoms with Gasteiger partial charge < -0.3 is 15.4 Å². The molecule has 0 saturated heterocycles. The lowest BCUT2D eigenvalue weighted by Gasteiger charge is -2.11. The molecule has 0 atom stereocenters. The molecule has 3 rings (SSSR count). The number of nitrogens with one attached hydrogen (secondary N) is 2. The van der Waals surface area contributed by atoms with Crippen molar-refractivity contribution < 1.29 is 14.3 Å². The summed E-state index contributed by atoms with van der Waals surface area (Å²) in [6.45, 7) is 4.11. The topological polar surface area (TPSA) is 67.4 Å². The van der Waals surface area contributed by atoms with Gasteiger partial charge in [-0.15, -0.1) is 0 Å². The third-order valence-electron chi connectivity index (χ3n) is 4.51. The zero-order valence-corrected chi connectivity index (χ0v) is 17.6. The summed E-state index contributed by atoms with van der Waals surface area (Å²) in [5, 5.41) is 6.32. The summed E-state index contributed by atoms with van der Waals surface area (Å²) in [5.41, 5.74) is 3.93. The van der Waals surface area contributed by atoms with E-state index < -0.39 is 0 Å². The number of halogens is 1. The van der Waals surface area contributed by atoms with Gasteiger partial charge in [0.25, 0.3) is 11.8 Å². The minimum absolute atomic E-state index is 0.125. The monoisotopic (exact) mass is 422 g/mol. The van der Waals surface area contributed by atoms with E-state index in [1.165, 1.54) is 0 Å². The highest BCUT2D eigenvalue weighted by molar-refractivity contribution is 6.32. The summed E-state index contributed by atoms with van der Waals surface area (Å²) in [6, 6.07) is 20.0. The molecule has 0 aromatic heterocycles. The van der Waals surface area contributed by atoms with Crippen LogP contribution >= 0.6 is 11.6 Å². The molecular weight excluding hydrogens is 400 g/mol. The largest absolute Gasteiger partial charge is 0.484 e. The van der Waals surface area contributed by atoms with Crippen molar-refractivity contribution >= 4 is 29.1 Å². The van der Waals surface area contributed by atoms with E-state index in [1.54, 1.807) is 36.4 Å². The standard InChI is InChI=1S/C24H23ClN2O3/c1-16-12-21(13-17(2)23(16)25)30-15-22(28)27-20-10-8-19(9-11-20)24(29)26-14-18-6-4-3-5-7-18/h3-13H,14-15H2,1-2H3,(H,26,29)(H,27,28). The van der Waals surface area contributed by atoms with Gasteiger partial charge in [-0.05, 0) is 66.9 Å². The Hall–Kier alpha value is -3.31. The number of carbonyl (C=O) groups excluding carboxylic acids is 2. The molecule has 0 fully saturated rings. The summed E-state index contributed by atoms with van der Waals surface area (Å²) >= 11 is 6.14. The third kappa shape index (κ3) is 5.84. The van der Waals surface area contributed by atoms with E-state index in [0.29, 0.717) is 28.6 Å². The van der Waals surface area contributed by atoms with E-state index in [4.69, 9.17) is 16.3 Å². The lowest BCUT2D eigenvalue weighted by Crippen LogP contribution is -2.23. The molecule has 3 aromatic carbocycles. The second kappa shape index (κ2) is 9.94. The number of hydrogen-bond acceptors (Lipinski definition) is 3. The van der Waals surface area contributed by atoms with Crippen molar-refractivity contribution in [2.75, 3.05) is 11.9 Å². The van der Waals surface area contributed by atoms with Gasteiger partial charge >= 0.3 is 0 Å². The zero-order valence-electron chi connectivity index (χ0n) is 16.9. The molecule has 0 bridgehead atoms. The predicted molar refractivity (Wildman–Crippen MR) is 119 cm³/mol. The second-order valence-electron chi connectivity index (χ2n) is 6.95. The van der Waals surface area contributed by atoms with Crippen LogP contribution in [0, 0.1) is 13.8 Å². The summed E-state index contributed by atoms with van der Waals surface area (Å²) < 4.78 is 5.56. The Morgan fingerprint density at radius 2 is 1.57 bits per heavy atom. The second-order valence-corrected chi connectivity index (χ2v) is 7.33. The van der Waals surface area contributed by atoms with Crippen molar-refractivity contribution in [1.29, 1.82) is 0 Å². The van der Waals surface area contributed by atoms with Crippen molar-refractivity contribution in [2.24, 2.45) is 0 Å². The average molecular weight is 423 g/mol. The maximum Gasteiger partial charge on any atom is 0.262 e. The van der Waals surface area contributed by atoms with E-state index in [2.05, 4.69) is 10.6 Å². The molecule has 2 amide bonds. The molecule has 3 aromatic rings. The number of aryl methyl sites for hydroxylation is 2. The molecule has 5 nitrogen and oxygen atoms in total. The number of rotatable bonds is 7. The highest BCUT2D eigenvalue weighted by atomic mass is 35.5. The van der Waals surface area contributed by atoms with Gasteiger partial charge in [-0.25, -0.2) is 0 Å². The SMILES string of the molecule is Cc1cc(OCC(=O)Nc2ccc(C(=O)NCc3ccccc3)cc2)cc(C)c1Cl. The van der Waals surface area contributed by atoms with E-state index >= 15 is 0 Å². The first-order chi connectivity index (χ1) is 14.4. The summed E-state index contributed by atoms with van der Waals surface area (Å²) in [6.07, 6.45) is 0. The van der Waals surface area contributed by atoms with Gasteiger partial charge in [0.1, 0.15) is 5.75 Å². The van der Waals surface area contributed by atoms with Gasteiger partial charge in [0.15, 0.2) is 6.61 Å². The lowest BCUT2D eigenvalue weighted by atomic mass is 10.1. The van der Waals surface area contributed by atoms with Gasteiger partial charge in [-0.1, -0.05) is 41.9 Å². The van der Waals surface area contributed by atoms with Crippen molar-refractivity contribution in [2.45, 2.75) is 20.4 Å². The molecule has 0 aliphatic rings. The van der Waals surface area contributed by atoms with Gasteiger partial charge in [-0.2, -0.15) is 0 Å². The van der Waals surface area contributed by atoms with Crippen LogP contribution in [0.5, 0.6) is 5.75 Å². The van der Waals surface area contributed by atoms with Gasteiger partial charge in [-0.3, -0.25) is 9.59 Å². The van der Waals surface area contributed by atoms with Crippen molar-refractivity contribution in [3.8, 4) is 5.75 Å². The fraction of sp³-hybridized carbons (Fsp3) is 0.167. The van der Waals surface area contributed by atoms with Crippen molar-refractivity contribution in [3.63, 3.8) is 0 Å². The summed E-state index contributed by atoms with van der Waals surface area (Å²) in [7, 11) is 0. The summed E-state index contributed by atoms with van der Waals surface area (Å²) in [4.78, 5) is 24.4. The van der Waals surface area contributed by atoms with Crippen LogP contribution in [0.15, 0.2) is 66.7 Å². The normalized spacial score (nSPS) is 10.4. The molecule has 0 aliphatic carbocycles. The highest BCUT2D eigenvalue weighted by Crippen LogP contribution is 2.25. The van der Waals surface area contributed by atoms with Crippen LogP contribution < -0.4 is 15.4 Å². The van der Waals surface area contributed by atoms with Gasteiger partial charge in [0.05, 0.1) is 0 Å². The molecule has 0 unspecified atom stereocenters. The summed E-state index contributed by atoms with van der Waals surface area (Å²) in [5.74, 6) is 0.130. The first-order valence-corrected chi connectivity index (χ1v) is 9.92. The average Bonchev–Trinajstić information content (AvgIpc) is 2.75. The molecule has 0 saturated carbocycles. The minimum atomic E-state index is -0.290. The fourth-order valence-electron chi connectivity index (χ4n) is 2.92. The number of carbonyl (C=O) groups is 2. The van der Waals surface area contributed by atoms with Gasteiger partial charge in [0.2, 0.25) is 0 Å². The number of amides is 2. The van der Waals surface area contributed by atoms with Crippen molar-refractivity contribution in [1.82, 2.24) is 5.32 Å². The quantitative estimate of drug-likeness (QED) is 0.568. The van der Waals surface area contributed by atoms with Crippen LogP contribution in [0.3, 0.4) is 0 Å². The smallest absolute Gasteiger partial charge is 0.262 e. The molecule has 2 N–H and O–H groups in total. The Kier molecular flexibility index (Phi) is 7.09. The Morgan fingerprint density at radius 3 is 2.20 bits per heavy atom. The Balaban J connectivity index is 1.50. The Labute approximate surface area is 181 Å². The minimum Gasteiger partial charge on any atom is -0.484 e. The van der Waals surface area contributed by atoms with E-state index in [9.17, 15) is 9.59 Å².